The van der Waals surface area contributed by atoms with Gasteiger partial charge in [-0.1, -0.05) is 52.3 Å². The fourth-order valence-corrected chi connectivity index (χ4v) is 3.18. The van der Waals surface area contributed by atoms with Gasteiger partial charge in [-0.25, -0.2) is 4.79 Å². The average molecular weight is 334 g/mol. The summed E-state index contributed by atoms with van der Waals surface area (Å²) in [6.07, 6.45) is 6.63. The molecule has 1 amide bonds. The van der Waals surface area contributed by atoms with Gasteiger partial charge in [-0.2, -0.15) is 0 Å². The smallest absolute Gasteiger partial charge is 0.414 e. The van der Waals surface area contributed by atoms with E-state index in [-0.39, 0.29) is 12.1 Å². The molecule has 1 atom stereocenters. The molecule has 3 nitrogen and oxygen atoms in total. The fraction of sp³-hybridized carbons (Fsp3) is 0.312. The van der Waals surface area contributed by atoms with Gasteiger partial charge in [0, 0.05) is 4.48 Å². The second-order valence-corrected chi connectivity index (χ2v) is 5.98. The Balaban J connectivity index is 1.84. The summed E-state index contributed by atoms with van der Waals surface area (Å²) in [4.78, 5) is 13.8. The highest BCUT2D eigenvalue weighted by atomic mass is 79.9. The van der Waals surface area contributed by atoms with Gasteiger partial charge < -0.3 is 4.74 Å². The Kier molecular flexibility index (Phi) is 3.92. The molecule has 0 radical (unpaired) electrons. The highest BCUT2D eigenvalue weighted by Crippen LogP contribution is 2.31. The number of amides is 1. The van der Waals surface area contributed by atoms with Crippen LogP contribution in [0, 0.1) is 0 Å². The summed E-state index contributed by atoms with van der Waals surface area (Å²) in [6.45, 7) is 0.450. The molecule has 0 bridgehead atoms. The van der Waals surface area contributed by atoms with Gasteiger partial charge in [0.05, 0.1) is 11.7 Å². The Bertz CT molecular complexity index is 565. The first-order chi connectivity index (χ1) is 9.75. The zero-order valence-corrected chi connectivity index (χ0v) is 12.7. The normalized spacial score (nSPS) is 22.4. The van der Waals surface area contributed by atoms with E-state index in [0.717, 1.165) is 29.4 Å². The lowest BCUT2D eigenvalue weighted by atomic mass is 10.0. The van der Waals surface area contributed by atoms with Gasteiger partial charge in [0.15, 0.2) is 0 Å². The zero-order valence-electron chi connectivity index (χ0n) is 11.1. The van der Waals surface area contributed by atoms with Crippen LogP contribution in [0.3, 0.4) is 0 Å². The van der Waals surface area contributed by atoms with Crippen molar-refractivity contribution in [2.45, 2.75) is 25.3 Å². The van der Waals surface area contributed by atoms with Gasteiger partial charge in [0.25, 0.3) is 0 Å². The number of carbonyl (C=O) groups is 1. The predicted molar refractivity (Wildman–Crippen MR) is 81.4 cm³/mol. The van der Waals surface area contributed by atoms with Crippen molar-refractivity contribution in [1.82, 2.24) is 4.90 Å². The van der Waals surface area contributed by atoms with E-state index in [9.17, 15) is 4.79 Å². The second-order valence-electron chi connectivity index (χ2n) is 5.02. The van der Waals surface area contributed by atoms with E-state index in [1.807, 2.05) is 24.3 Å². The van der Waals surface area contributed by atoms with Gasteiger partial charge >= 0.3 is 6.09 Å². The van der Waals surface area contributed by atoms with Crippen LogP contribution < -0.4 is 0 Å². The van der Waals surface area contributed by atoms with Crippen LogP contribution in [0.4, 0.5) is 4.79 Å². The van der Waals surface area contributed by atoms with Crippen LogP contribution in [0.5, 0.6) is 0 Å². The summed E-state index contributed by atoms with van der Waals surface area (Å²) in [6, 6.07) is 10.3. The Morgan fingerprint density at radius 2 is 2.10 bits per heavy atom. The first kappa shape index (κ1) is 13.4. The number of nitrogens with zero attached hydrogens (tertiary/aromatic N) is 1. The average Bonchev–Trinajstić information content (AvgIpc) is 2.82. The molecule has 1 aliphatic heterocycles. The number of carbonyl (C=O) groups excluding carboxylic acids is 1. The third-order valence-corrected chi connectivity index (χ3v) is 4.42. The first-order valence-electron chi connectivity index (χ1n) is 6.81. The van der Waals surface area contributed by atoms with Crippen molar-refractivity contribution >= 4 is 22.0 Å². The molecule has 1 saturated heterocycles. The minimum Gasteiger partial charge on any atom is -0.447 e. The molecule has 4 heteroatoms. The molecule has 0 N–H and O–H groups in total. The van der Waals surface area contributed by atoms with E-state index in [2.05, 4.69) is 34.1 Å². The topological polar surface area (TPSA) is 29.5 Å². The van der Waals surface area contributed by atoms with Crippen molar-refractivity contribution in [2.75, 3.05) is 6.61 Å². The van der Waals surface area contributed by atoms with Crippen molar-refractivity contribution < 1.29 is 9.53 Å². The molecule has 1 aromatic rings. The number of halogens is 1. The Labute approximate surface area is 127 Å². The lowest BCUT2D eigenvalue weighted by Gasteiger charge is -2.25. The molecule has 0 aromatic heterocycles. The predicted octanol–water partition coefficient (Wildman–Crippen LogP) is 4.01. The molecule has 3 rings (SSSR count). The number of hydrogen-bond donors (Lipinski definition) is 0. The van der Waals surface area contributed by atoms with E-state index in [1.165, 1.54) is 5.56 Å². The molecular weight excluding hydrogens is 318 g/mol. The number of ether oxygens (including phenoxy) is 1. The van der Waals surface area contributed by atoms with E-state index in [0.29, 0.717) is 6.61 Å². The number of rotatable bonds is 3. The Hall–Kier alpha value is -1.55. The van der Waals surface area contributed by atoms with E-state index in [1.54, 1.807) is 4.90 Å². The molecule has 104 valence electrons. The molecule has 0 unspecified atom stereocenters. The minimum absolute atomic E-state index is 0.0650. The maximum Gasteiger partial charge on any atom is 0.414 e. The van der Waals surface area contributed by atoms with Crippen LogP contribution in [0.15, 0.2) is 52.7 Å². The van der Waals surface area contributed by atoms with Crippen LogP contribution in [-0.4, -0.2) is 23.6 Å². The van der Waals surface area contributed by atoms with Gasteiger partial charge in [0.2, 0.25) is 0 Å². The van der Waals surface area contributed by atoms with Crippen LogP contribution in [0.1, 0.15) is 18.4 Å². The molecule has 2 aliphatic rings. The van der Waals surface area contributed by atoms with Crippen LogP contribution in [0.25, 0.3) is 0 Å². The number of hydrogen-bond acceptors (Lipinski definition) is 2. The fourth-order valence-electron chi connectivity index (χ4n) is 2.63. The lowest BCUT2D eigenvalue weighted by Crippen LogP contribution is -2.34. The Morgan fingerprint density at radius 1 is 1.30 bits per heavy atom. The van der Waals surface area contributed by atoms with Crippen molar-refractivity contribution in [3.8, 4) is 0 Å². The number of cyclic esters (lactones) is 1. The van der Waals surface area contributed by atoms with Gasteiger partial charge in [0.1, 0.15) is 6.61 Å². The molecule has 20 heavy (non-hydrogen) atoms. The molecule has 1 aliphatic carbocycles. The maximum absolute atomic E-state index is 12.0. The molecular formula is C16H16BrNO2. The molecule has 0 spiro atoms. The summed E-state index contributed by atoms with van der Waals surface area (Å²) in [5.74, 6) is 0. The standard InChI is InChI=1S/C16H16BrNO2/c17-14-8-4-5-9-15(14)18-13(11-20-16(18)19)10-12-6-2-1-3-7-12/h1-3,5-7,9,13H,4,8,10-11H2/t13-/m1/s1. The largest absolute Gasteiger partial charge is 0.447 e. The molecule has 1 heterocycles. The Morgan fingerprint density at radius 3 is 2.85 bits per heavy atom. The summed E-state index contributed by atoms with van der Waals surface area (Å²) in [7, 11) is 0. The summed E-state index contributed by atoms with van der Waals surface area (Å²) in [5.41, 5.74) is 2.16. The number of benzene rings is 1. The van der Waals surface area contributed by atoms with Crippen LogP contribution >= 0.6 is 15.9 Å². The van der Waals surface area contributed by atoms with E-state index >= 15 is 0 Å². The van der Waals surface area contributed by atoms with Crippen molar-refractivity contribution in [3.63, 3.8) is 0 Å². The van der Waals surface area contributed by atoms with E-state index in [4.69, 9.17) is 4.74 Å². The van der Waals surface area contributed by atoms with E-state index < -0.39 is 0 Å². The first-order valence-corrected chi connectivity index (χ1v) is 7.60. The maximum atomic E-state index is 12.0. The van der Waals surface area contributed by atoms with Crippen LogP contribution in [-0.2, 0) is 11.2 Å². The molecule has 1 fully saturated rings. The lowest BCUT2D eigenvalue weighted by molar-refractivity contribution is 0.164. The van der Waals surface area contributed by atoms with Gasteiger partial charge in [-0.15, -0.1) is 0 Å². The third-order valence-electron chi connectivity index (χ3n) is 3.62. The van der Waals surface area contributed by atoms with Crippen LogP contribution in [0.2, 0.25) is 0 Å². The second kappa shape index (κ2) is 5.83. The minimum atomic E-state index is -0.246. The molecule has 0 saturated carbocycles. The van der Waals surface area contributed by atoms with Gasteiger partial charge in [-0.3, -0.25) is 4.90 Å². The summed E-state index contributed by atoms with van der Waals surface area (Å²) in [5, 5.41) is 0. The quantitative estimate of drug-likeness (QED) is 0.836. The SMILES string of the molecule is O=C1OC[C@@H](Cc2ccccc2)N1C1=C(Br)CCC=C1. The highest BCUT2D eigenvalue weighted by Gasteiger charge is 2.36. The zero-order chi connectivity index (χ0) is 13.9. The molecule has 1 aromatic carbocycles. The number of allylic oxidation sites excluding steroid dienone is 3. The van der Waals surface area contributed by atoms with Crippen molar-refractivity contribution in [3.05, 3.63) is 58.2 Å². The van der Waals surface area contributed by atoms with Crippen molar-refractivity contribution in [1.29, 1.82) is 0 Å². The third kappa shape index (κ3) is 2.66. The highest BCUT2D eigenvalue weighted by molar-refractivity contribution is 9.11. The van der Waals surface area contributed by atoms with Gasteiger partial charge in [-0.05, 0) is 30.9 Å². The summed E-state index contributed by atoms with van der Waals surface area (Å²) < 4.78 is 6.33. The monoisotopic (exact) mass is 333 g/mol. The summed E-state index contributed by atoms with van der Waals surface area (Å²) >= 11 is 3.58. The van der Waals surface area contributed by atoms with Crippen molar-refractivity contribution in [2.24, 2.45) is 0 Å².